The van der Waals surface area contributed by atoms with E-state index in [1.54, 1.807) is 24.8 Å². The molecule has 1 aromatic heterocycles. The number of rotatable bonds is 3. The molecule has 0 fully saturated rings. The van der Waals surface area contributed by atoms with Crippen LogP contribution in [0, 0.1) is 6.92 Å². The van der Waals surface area contributed by atoms with Gasteiger partial charge in [0.25, 0.3) is 0 Å². The smallest absolute Gasteiger partial charge is 0.348 e. The van der Waals surface area contributed by atoms with Crippen LogP contribution < -0.4 is 10.4 Å². The average molecular weight is 309 g/mol. The van der Waals surface area contributed by atoms with Gasteiger partial charge in [-0.3, -0.25) is 4.57 Å². The minimum absolute atomic E-state index is 0.246. The van der Waals surface area contributed by atoms with Crippen molar-refractivity contribution in [2.24, 2.45) is 0 Å². The molecule has 0 aliphatic heterocycles. The number of ether oxygens (including phenoxy) is 1. The van der Waals surface area contributed by atoms with E-state index in [1.165, 1.54) is 0 Å². The van der Waals surface area contributed by atoms with Gasteiger partial charge in [0.15, 0.2) is 0 Å². The first-order valence-electron chi connectivity index (χ1n) is 5.46. The van der Waals surface area contributed by atoms with E-state index in [0.717, 1.165) is 21.5 Å². The Morgan fingerprint density at radius 1 is 1.39 bits per heavy atom. The zero-order valence-electron chi connectivity index (χ0n) is 10.2. The molecule has 4 nitrogen and oxygen atoms in total. The SMILES string of the molecule is COc1ccc(Br)c(Cn2ccc(C)nc2=O)c1. The summed E-state index contributed by atoms with van der Waals surface area (Å²) in [5, 5.41) is 0. The van der Waals surface area contributed by atoms with Crippen LogP contribution in [0.2, 0.25) is 0 Å². The average Bonchev–Trinajstić information content (AvgIpc) is 2.35. The predicted octanol–water partition coefficient (Wildman–Crippen LogP) is 2.37. The lowest BCUT2D eigenvalue weighted by Gasteiger charge is -2.09. The second-order valence-corrected chi connectivity index (χ2v) is 4.79. The van der Waals surface area contributed by atoms with Crippen LogP contribution in [0.1, 0.15) is 11.3 Å². The Hall–Kier alpha value is -1.62. The third kappa shape index (κ3) is 2.79. The van der Waals surface area contributed by atoms with Crippen molar-refractivity contribution in [1.29, 1.82) is 0 Å². The summed E-state index contributed by atoms with van der Waals surface area (Å²) in [6.45, 7) is 2.26. The first kappa shape index (κ1) is 12.8. The fourth-order valence-electron chi connectivity index (χ4n) is 1.62. The topological polar surface area (TPSA) is 44.1 Å². The second-order valence-electron chi connectivity index (χ2n) is 3.94. The third-order valence-electron chi connectivity index (χ3n) is 2.61. The molecule has 0 radical (unpaired) electrons. The van der Waals surface area contributed by atoms with E-state index >= 15 is 0 Å². The van der Waals surface area contributed by atoms with Gasteiger partial charge >= 0.3 is 5.69 Å². The number of aromatic nitrogens is 2. The van der Waals surface area contributed by atoms with Crippen molar-refractivity contribution >= 4 is 15.9 Å². The molecule has 0 bridgehead atoms. The Labute approximate surface area is 113 Å². The highest BCUT2D eigenvalue weighted by Gasteiger charge is 2.05. The molecule has 0 aliphatic carbocycles. The van der Waals surface area contributed by atoms with Crippen LogP contribution in [-0.4, -0.2) is 16.7 Å². The molecule has 1 heterocycles. The number of methoxy groups -OCH3 is 1. The van der Waals surface area contributed by atoms with Gasteiger partial charge in [0.2, 0.25) is 0 Å². The van der Waals surface area contributed by atoms with Crippen molar-refractivity contribution in [3.63, 3.8) is 0 Å². The molecule has 2 aromatic rings. The van der Waals surface area contributed by atoms with Crippen LogP contribution in [0.15, 0.2) is 39.7 Å². The molecule has 0 saturated carbocycles. The van der Waals surface area contributed by atoms with Gasteiger partial charge in [0.05, 0.1) is 13.7 Å². The Bertz CT molecular complexity index is 623. The minimum atomic E-state index is -0.246. The Balaban J connectivity index is 2.36. The first-order chi connectivity index (χ1) is 8.60. The number of hydrogen-bond acceptors (Lipinski definition) is 3. The molecule has 0 atom stereocenters. The summed E-state index contributed by atoms with van der Waals surface area (Å²) in [4.78, 5) is 15.6. The summed E-state index contributed by atoms with van der Waals surface area (Å²) in [6, 6.07) is 7.48. The molecule has 0 amide bonds. The van der Waals surface area contributed by atoms with E-state index in [1.807, 2.05) is 24.3 Å². The highest BCUT2D eigenvalue weighted by molar-refractivity contribution is 9.10. The summed E-state index contributed by atoms with van der Waals surface area (Å²) in [5.41, 5.74) is 1.45. The number of benzene rings is 1. The van der Waals surface area contributed by atoms with Crippen LogP contribution in [0.4, 0.5) is 0 Å². The first-order valence-corrected chi connectivity index (χ1v) is 6.26. The van der Waals surface area contributed by atoms with E-state index < -0.39 is 0 Å². The second kappa shape index (κ2) is 5.35. The molecule has 1 aromatic carbocycles. The van der Waals surface area contributed by atoms with Gasteiger partial charge in [-0.2, -0.15) is 4.98 Å². The molecule has 94 valence electrons. The number of hydrogen-bond donors (Lipinski definition) is 0. The van der Waals surface area contributed by atoms with Gasteiger partial charge in [-0.1, -0.05) is 15.9 Å². The van der Waals surface area contributed by atoms with Crippen LogP contribution in [0.5, 0.6) is 5.75 Å². The highest BCUT2D eigenvalue weighted by atomic mass is 79.9. The van der Waals surface area contributed by atoms with Gasteiger partial charge in [-0.05, 0) is 36.8 Å². The normalized spacial score (nSPS) is 10.4. The van der Waals surface area contributed by atoms with Crippen molar-refractivity contribution in [1.82, 2.24) is 9.55 Å². The van der Waals surface area contributed by atoms with Gasteiger partial charge in [0.1, 0.15) is 5.75 Å². The molecule has 2 rings (SSSR count). The predicted molar refractivity (Wildman–Crippen MR) is 73.0 cm³/mol. The van der Waals surface area contributed by atoms with Crippen molar-refractivity contribution in [3.05, 3.63) is 56.7 Å². The van der Waals surface area contributed by atoms with Crippen LogP contribution in [0.25, 0.3) is 0 Å². The third-order valence-corrected chi connectivity index (χ3v) is 3.38. The summed E-state index contributed by atoms with van der Waals surface area (Å²) >= 11 is 3.46. The van der Waals surface area contributed by atoms with Crippen molar-refractivity contribution in [2.45, 2.75) is 13.5 Å². The standard InChI is InChI=1S/C13H13BrN2O2/c1-9-5-6-16(13(17)15-9)8-10-7-11(18-2)3-4-12(10)14/h3-7H,8H2,1-2H3. The number of nitrogens with zero attached hydrogens (tertiary/aromatic N) is 2. The molecular weight excluding hydrogens is 296 g/mol. The van der Waals surface area contributed by atoms with Gasteiger partial charge < -0.3 is 4.74 Å². The van der Waals surface area contributed by atoms with Gasteiger partial charge in [0, 0.05) is 16.4 Å². The largest absolute Gasteiger partial charge is 0.497 e. The molecular formula is C13H13BrN2O2. The molecule has 18 heavy (non-hydrogen) atoms. The van der Waals surface area contributed by atoms with Crippen LogP contribution in [-0.2, 0) is 6.54 Å². The Morgan fingerprint density at radius 3 is 2.83 bits per heavy atom. The van der Waals surface area contributed by atoms with E-state index in [0.29, 0.717) is 6.54 Å². The monoisotopic (exact) mass is 308 g/mol. The summed E-state index contributed by atoms with van der Waals surface area (Å²) in [7, 11) is 1.62. The maximum Gasteiger partial charge on any atom is 0.348 e. The van der Waals surface area contributed by atoms with E-state index in [4.69, 9.17) is 4.74 Å². The van der Waals surface area contributed by atoms with Crippen molar-refractivity contribution in [3.8, 4) is 5.75 Å². The summed E-state index contributed by atoms with van der Waals surface area (Å²) in [6.07, 6.45) is 1.75. The van der Waals surface area contributed by atoms with Crippen molar-refractivity contribution in [2.75, 3.05) is 7.11 Å². The molecule has 0 N–H and O–H groups in total. The fraction of sp³-hybridized carbons (Fsp3) is 0.231. The fourth-order valence-corrected chi connectivity index (χ4v) is 1.99. The lowest BCUT2D eigenvalue weighted by Crippen LogP contribution is -2.23. The van der Waals surface area contributed by atoms with E-state index in [9.17, 15) is 4.79 Å². The maximum atomic E-state index is 11.7. The lowest BCUT2D eigenvalue weighted by atomic mass is 10.2. The molecule has 0 unspecified atom stereocenters. The maximum absolute atomic E-state index is 11.7. The number of aryl methyl sites for hydroxylation is 1. The van der Waals surface area contributed by atoms with Crippen molar-refractivity contribution < 1.29 is 4.74 Å². The summed E-state index contributed by atoms with van der Waals surface area (Å²) < 4.78 is 7.68. The van der Waals surface area contributed by atoms with Gasteiger partial charge in [-0.25, -0.2) is 4.79 Å². The summed E-state index contributed by atoms with van der Waals surface area (Å²) in [5.74, 6) is 0.765. The quantitative estimate of drug-likeness (QED) is 0.874. The zero-order chi connectivity index (χ0) is 13.1. The van der Waals surface area contributed by atoms with E-state index in [2.05, 4.69) is 20.9 Å². The molecule has 0 saturated heterocycles. The Kier molecular flexibility index (Phi) is 3.81. The number of halogens is 1. The Morgan fingerprint density at radius 2 is 2.17 bits per heavy atom. The minimum Gasteiger partial charge on any atom is -0.497 e. The highest BCUT2D eigenvalue weighted by Crippen LogP contribution is 2.22. The lowest BCUT2D eigenvalue weighted by molar-refractivity contribution is 0.414. The van der Waals surface area contributed by atoms with E-state index in [-0.39, 0.29) is 5.69 Å². The molecule has 0 aliphatic rings. The zero-order valence-corrected chi connectivity index (χ0v) is 11.8. The molecule has 5 heteroatoms. The van der Waals surface area contributed by atoms with Crippen LogP contribution >= 0.6 is 15.9 Å². The van der Waals surface area contributed by atoms with Crippen LogP contribution in [0.3, 0.4) is 0 Å². The van der Waals surface area contributed by atoms with Gasteiger partial charge in [-0.15, -0.1) is 0 Å². The molecule has 0 spiro atoms.